The van der Waals surface area contributed by atoms with E-state index in [9.17, 15) is 18.0 Å². The summed E-state index contributed by atoms with van der Waals surface area (Å²) in [7, 11) is -2.60. The number of nitrogens with one attached hydrogen (secondary N) is 1. The number of hydrogen-bond acceptors (Lipinski definition) is 4. The number of hydrogen-bond donors (Lipinski definition) is 1. The van der Waals surface area contributed by atoms with Crippen LogP contribution in [0.1, 0.15) is 23.6 Å². The number of likely N-dealkylation sites (N-methyl/N-ethyl adjacent to an activating group) is 1. The molecule has 0 saturated carbocycles. The van der Waals surface area contributed by atoms with Gasteiger partial charge in [-0.1, -0.05) is 59.6 Å². The van der Waals surface area contributed by atoms with Gasteiger partial charge in [-0.25, -0.2) is 8.42 Å². The molecule has 0 aliphatic rings. The van der Waals surface area contributed by atoms with Crippen molar-refractivity contribution in [3.8, 4) is 0 Å². The third-order valence-electron chi connectivity index (χ3n) is 5.93. The Bertz CT molecular complexity index is 1340. The van der Waals surface area contributed by atoms with Crippen LogP contribution in [0.5, 0.6) is 0 Å². The molecular formula is C27H30ClN3O4S. The van der Waals surface area contributed by atoms with E-state index in [4.69, 9.17) is 11.6 Å². The van der Waals surface area contributed by atoms with E-state index < -0.39 is 28.5 Å². The minimum Gasteiger partial charge on any atom is -0.357 e. The van der Waals surface area contributed by atoms with Crippen molar-refractivity contribution >= 4 is 39.1 Å². The molecule has 0 heterocycles. The first-order valence-electron chi connectivity index (χ1n) is 11.4. The topological polar surface area (TPSA) is 86.8 Å². The zero-order chi connectivity index (χ0) is 26.5. The first kappa shape index (κ1) is 27.2. The summed E-state index contributed by atoms with van der Waals surface area (Å²) >= 11 is 6.13. The van der Waals surface area contributed by atoms with Gasteiger partial charge < -0.3 is 10.2 Å². The van der Waals surface area contributed by atoms with Crippen molar-refractivity contribution in [2.45, 2.75) is 38.3 Å². The van der Waals surface area contributed by atoms with E-state index in [1.807, 2.05) is 6.92 Å². The Kier molecular flexibility index (Phi) is 8.76. The summed E-state index contributed by atoms with van der Waals surface area (Å²) < 4.78 is 28.7. The summed E-state index contributed by atoms with van der Waals surface area (Å²) in [6.07, 6.45) is 0. The maximum Gasteiger partial charge on any atom is 0.264 e. The molecule has 2 amide bonds. The van der Waals surface area contributed by atoms with Crippen LogP contribution in [-0.4, -0.2) is 44.8 Å². The van der Waals surface area contributed by atoms with Gasteiger partial charge in [0.1, 0.15) is 12.6 Å². The first-order valence-corrected chi connectivity index (χ1v) is 13.3. The van der Waals surface area contributed by atoms with E-state index in [0.717, 1.165) is 15.4 Å². The number of rotatable bonds is 9. The fourth-order valence-electron chi connectivity index (χ4n) is 3.82. The number of benzene rings is 3. The van der Waals surface area contributed by atoms with Crippen molar-refractivity contribution in [2.24, 2.45) is 0 Å². The number of para-hydroxylation sites is 1. The Morgan fingerprint density at radius 2 is 1.64 bits per heavy atom. The van der Waals surface area contributed by atoms with Crippen LogP contribution < -0.4 is 9.62 Å². The third-order valence-corrected chi connectivity index (χ3v) is 7.94. The number of sulfonamides is 1. The van der Waals surface area contributed by atoms with Crippen molar-refractivity contribution < 1.29 is 18.0 Å². The average molecular weight is 528 g/mol. The van der Waals surface area contributed by atoms with Gasteiger partial charge >= 0.3 is 0 Å². The number of carbonyl (C=O) groups excluding carboxylic acids is 2. The van der Waals surface area contributed by atoms with E-state index in [1.54, 1.807) is 74.5 Å². The minimum atomic E-state index is -4.09. The van der Waals surface area contributed by atoms with Gasteiger partial charge in [0, 0.05) is 18.6 Å². The van der Waals surface area contributed by atoms with Crippen LogP contribution in [0.15, 0.2) is 77.7 Å². The molecule has 3 aromatic carbocycles. The van der Waals surface area contributed by atoms with Gasteiger partial charge in [0.25, 0.3) is 10.0 Å². The molecule has 0 unspecified atom stereocenters. The second-order valence-corrected chi connectivity index (χ2v) is 10.9. The highest BCUT2D eigenvalue weighted by molar-refractivity contribution is 7.92. The SMILES string of the molecule is CNC(=O)[C@H](C)N(Cc1cccc(Cl)c1)C(=O)CN(c1ccccc1C)S(=O)(=O)c1ccc(C)cc1. The molecular weight excluding hydrogens is 498 g/mol. The lowest BCUT2D eigenvalue weighted by Gasteiger charge is -2.32. The van der Waals surface area contributed by atoms with E-state index in [2.05, 4.69) is 5.32 Å². The molecule has 0 spiro atoms. The zero-order valence-corrected chi connectivity index (χ0v) is 22.3. The lowest BCUT2D eigenvalue weighted by Crippen LogP contribution is -2.50. The van der Waals surface area contributed by atoms with Crippen molar-refractivity contribution in [1.82, 2.24) is 10.2 Å². The molecule has 0 saturated heterocycles. The fraction of sp³-hybridized carbons (Fsp3) is 0.259. The number of anilines is 1. The lowest BCUT2D eigenvalue weighted by molar-refractivity contribution is -0.139. The predicted molar refractivity (Wildman–Crippen MR) is 142 cm³/mol. The maximum absolute atomic E-state index is 13.8. The highest BCUT2D eigenvalue weighted by Gasteiger charge is 2.32. The highest BCUT2D eigenvalue weighted by Crippen LogP contribution is 2.27. The quantitative estimate of drug-likeness (QED) is 0.449. The van der Waals surface area contributed by atoms with Gasteiger partial charge in [-0.2, -0.15) is 0 Å². The van der Waals surface area contributed by atoms with E-state index in [1.165, 1.54) is 24.1 Å². The number of nitrogens with zero attached hydrogens (tertiary/aromatic N) is 2. The van der Waals surface area contributed by atoms with Gasteiger partial charge in [-0.05, 0) is 62.2 Å². The summed E-state index contributed by atoms with van der Waals surface area (Å²) in [6, 6.07) is 19.6. The standard InChI is InChI=1S/C27H30ClN3O4S/c1-19-12-14-24(15-13-19)36(34,35)31(25-11-6-5-8-20(25)2)18-26(32)30(21(3)27(33)29-4)17-22-9-7-10-23(28)16-22/h5-16,21H,17-18H2,1-4H3,(H,29,33)/t21-/m0/s1. The molecule has 0 aliphatic carbocycles. The van der Waals surface area contributed by atoms with Crippen molar-refractivity contribution in [3.05, 3.63) is 94.5 Å². The number of halogens is 1. The molecule has 0 aliphatic heterocycles. The molecule has 36 heavy (non-hydrogen) atoms. The van der Waals surface area contributed by atoms with Crippen LogP contribution in [0.25, 0.3) is 0 Å². The van der Waals surface area contributed by atoms with Crippen LogP contribution in [0.4, 0.5) is 5.69 Å². The molecule has 1 atom stereocenters. The molecule has 0 aromatic heterocycles. The van der Waals surface area contributed by atoms with Crippen LogP contribution >= 0.6 is 11.6 Å². The lowest BCUT2D eigenvalue weighted by atomic mass is 10.1. The van der Waals surface area contributed by atoms with Gasteiger partial charge in [0.15, 0.2) is 0 Å². The summed E-state index contributed by atoms with van der Waals surface area (Å²) in [4.78, 5) is 27.7. The Hall–Kier alpha value is -3.36. The monoisotopic (exact) mass is 527 g/mol. The Morgan fingerprint density at radius 1 is 0.972 bits per heavy atom. The number of aryl methyl sites for hydroxylation is 2. The van der Waals surface area contributed by atoms with E-state index in [-0.39, 0.29) is 17.3 Å². The van der Waals surface area contributed by atoms with Gasteiger partial charge in [0.05, 0.1) is 10.6 Å². The normalized spacial score (nSPS) is 12.0. The number of amides is 2. The number of carbonyl (C=O) groups is 2. The molecule has 1 N–H and O–H groups in total. The smallest absolute Gasteiger partial charge is 0.264 e. The Morgan fingerprint density at radius 3 is 2.25 bits per heavy atom. The van der Waals surface area contributed by atoms with Crippen molar-refractivity contribution in [1.29, 1.82) is 0 Å². The van der Waals surface area contributed by atoms with Crippen LogP contribution in [0.2, 0.25) is 5.02 Å². The molecule has 3 aromatic rings. The average Bonchev–Trinajstić information content (AvgIpc) is 2.85. The molecule has 9 heteroatoms. The summed E-state index contributed by atoms with van der Waals surface area (Å²) in [5.74, 6) is -0.890. The van der Waals surface area contributed by atoms with Gasteiger partial charge in [-0.15, -0.1) is 0 Å². The summed E-state index contributed by atoms with van der Waals surface area (Å²) in [6.45, 7) is 4.86. The molecule has 0 bridgehead atoms. The van der Waals surface area contributed by atoms with Crippen LogP contribution in [0, 0.1) is 13.8 Å². The second kappa shape index (κ2) is 11.6. The maximum atomic E-state index is 13.8. The molecule has 0 fully saturated rings. The fourth-order valence-corrected chi connectivity index (χ4v) is 5.51. The predicted octanol–water partition coefficient (Wildman–Crippen LogP) is 4.32. The van der Waals surface area contributed by atoms with Gasteiger partial charge in [-0.3, -0.25) is 13.9 Å². The van der Waals surface area contributed by atoms with E-state index in [0.29, 0.717) is 16.3 Å². The van der Waals surface area contributed by atoms with Crippen LogP contribution in [-0.2, 0) is 26.2 Å². The third kappa shape index (κ3) is 6.25. The molecule has 0 radical (unpaired) electrons. The molecule has 190 valence electrons. The van der Waals surface area contributed by atoms with Crippen molar-refractivity contribution in [3.63, 3.8) is 0 Å². The highest BCUT2D eigenvalue weighted by atomic mass is 35.5. The van der Waals surface area contributed by atoms with E-state index >= 15 is 0 Å². The Balaban J connectivity index is 2.05. The largest absolute Gasteiger partial charge is 0.357 e. The molecule has 7 nitrogen and oxygen atoms in total. The Labute approximate surface area is 217 Å². The minimum absolute atomic E-state index is 0.0740. The van der Waals surface area contributed by atoms with Crippen molar-refractivity contribution in [2.75, 3.05) is 17.9 Å². The second-order valence-electron chi connectivity index (χ2n) is 8.55. The first-order chi connectivity index (χ1) is 17.0. The van der Waals surface area contributed by atoms with Crippen LogP contribution in [0.3, 0.4) is 0 Å². The summed E-state index contributed by atoms with van der Waals surface area (Å²) in [5.41, 5.74) is 2.72. The molecule has 3 rings (SSSR count). The zero-order valence-electron chi connectivity index (χ0n) is 20.7. The summed E-state index contributed by atoms with van der Waals surface area (Å²) in [5, 5.41) is 3.06. The van der Waals surface area contributed by atoms with Gasteiger partial charge in [0.2, 0.25) is 11.8 Å².